The number of carbonyl (C=O) groups is 2. The van der Waals surface area contributed by atoms with Crippen LogP contribution in [0.4, 0.5) is 18.2 Å². The third kappa shape index (κ3) is 3.70. The molecule has 0 bridgehead atoms. The summed E-state index contributed by atoms with van der Waals surface area (Å²) < 4.78 is 36.8. The van der Waals surface area contributed by atoms with Crippen LogP contribution in [0.5, 0.6) is 0 Å². The molecule has 0 saturated carbocycles. The zero-order chi connectivity index (χ0) is 15.5. The first-order valence-corrected chi connectivity index (χ1v) is 6.46. The van der Waals surface area contributed by atoms with E-state index in [1.54, 1.807) is 19.2 Å². The van der Waals surface area contributed by atoms with Gasteiger partial charge in [-0.15, -0.1) is 11.3 Å². The van der Waals surface area contributed by atoms with Crippen LogP contribution in [-0.2, 0) is 4.79 Å². The summed E-state index contributed by atoms with van der Waals surface area (Å²) in [6.45, 7) is 3.66. The first kappa shape index (κ1) is 16.4. The van der Waals surface area contributed by atoms with E-state index in [0.29, 0.717) is 10.4 Å². The van der Waals surface area contributed by atoms with Gasteiger partial charge in [-0.25, -0.2) is 0 Å². The van der Waals surface area contributed by atoms with E-state index in [0.717, 1.165) is 11.3 Å². The standard InChI is InChI=1S/C11H14F3N3O2S/c1-5-6(2)20-9(17-10(19)11(12,13)14)7(5)8(18)16-4-3-15/h3-4,15H2,1-2H3,(H,16,18)(H,17,19). The van der Waals surface area contributed by atoms with Gasteiger partial charge in [0.1, 0.15) is 5.00 Å². The maximum Gasteiger partial charge on any atom is 0.471 e. The number of nitrogens with one attached hydrogen (secondary N) is 2. The summed E-state index contributed by atoms with van der Waals surface area (Å²) in [5.74, 6) is -2.67. The lowest BCUT2D eigenvalue weighted by molar-refractivity contribution is -0.167. The summed E-state index contributed by atoms with van der Waals surface area (Å²) in [6, 6.07) is 0. The second kappa shape index (κ2) is 6.23. The summed E-state index contributed by atoms with van der Waals surface area (Å²) >= 11 is 0.923. The molecule has 0 aliphatic carbocycles. The number of halogens is 3. The minimum atomic E-state index is -5.00. The van der Waals surface area contributed by atoms with Crippen LogP contribution in [-0.4, -0.2) is 31.1 Å². The minimum Gasteiger partial charge on any atom is -0.351 e. The molecule has 0 aromatic carbocycles. The lowest BCUT2D eigenvalue weighted by atomic mass is 10.1. The maximum absolute atomic E-state index is 12.3. The van der Waals surface area contributed by atoms with Crippen molar-refractivity contribution in [1.29, 1.82) is 0 Å². The first-order chi connectivity index (χ1) is 9.18. The van der Waals surface area contributed by atoms with Gasteiger partial charge in [0.2, 0.25) is 0 Å². The van der Waals surface area contributed by atoms with E-state index >= 15 is 0 Å². The fraction of sp³-hybridized carbons (Fsp3) is 0.455. The summed E-state index contributed by atoms with van der Waals surface area (Å²) in [4.78, 5) is 23.5. The number of hydrogen-bond donors (Lipinski definition) is 3. The Labute approximate surface area is 117 Å². The Morgan fingerprint density at radius 1 is 1.30 bits per heavy atom. The Morgan fingerprint density at radius 3 is 2.40 bits per heavy atom. The Balaban J connectivity index is 3.06. The molecule has 5 nitrogen and oxygen atoms in total. The van der Waals surface area contributed by atoms with Gasteiger partial charge in [-0.3, -0.25) is 9.59 Å². The number of carbonyl (C=O) groups excluding carboxylic acids is 2. The lowest BCUT2D eigenvalue weighted by Crippen LogP contribution is -2.32. The highest BCUT2D eigenvalue weighted by atomic mass is 32.1. The predicted molar refractivity (Wildman–Crippen MR) is 69.9 cm³/mol. The molecule has 0 aliphatic rings. The smallest absolute Gasteiger partial charge is 0.351 e. The van der Waals surface area contributed by atoms with Crippen molar-refractivity contribution in [3.63, 3.8) is 0 Å². The average Bonchev–Trinajstić information content (AvgIpc) is 2.61. The van der Waals surface area contributed by atoms with Crippen LogP contribution in [0.1, 0.15) is 20.8 Å². The predicted octanol–water partition coefficient (Wildman–Crippen LogP) is 1.55. The first-order valence-electron chi connectivity index (χ1n) is 5.65. The van der Waals surface area contributed by atoms with Gasteiger partial charge in [-0.1, -0.05) is 0 Å². The molecule has 4 N–H and O–H groups in total. The molecule has 112 valence electrons. The van der Waals surface area contributed by atoms with Gasteiger partial charge in [-0.05, 0) is 19.4 Å². The van der Waals surface area contributed by atoms with Gasteiger partial charge in [0.25, 0.3) is 5.91 Å². The van der Waals surface area contributed by atoms with Crippen molar-refractivity contribution in [2.75, 3.05) is 18.4 Å². The Hall–Kier alpha value is -1.61. The molecule has 1 heterocycles. The number of thiophene rings is 1. The normalized spacial score (nSPS) is 11.3. The molecule has 1 aromatic heterocycles. The molecule has 0 radical (unpaired) electrons. The summed E-state index contributed by atoms with van der Waals surface area (Å²) in [7, 11) is 0. The van der Waals surface area contributed by atoms with Crippen LogP contribution in [0.2, 0.25) is 0 Å². The number of hydrogen-bond acceptors (Lipinski definition) is 4. The second-order valence-electron chi connectivity index (χ2n) is 3.98. The Kier molecular flexibility index (Phi) is 5.12. The van der Waals surface area contributed by atoms with Gasteiger partial charge >= 0.3 is 12.1 Å². The molecular formula is C11H14F3N3O2S. The number of amides is 2. The number of aryl methyl sites for hydroxylation is 1. The van der Waals surface area contributed by atoms with Gasteiger partial charge in [0, 0.05) is 18.0 Å². The number of nitrogens with two attached hydrogens (primary N) is 1. The van der Waals surface area contributed by atoms with Gasteiger partial charge < -0.3 is 16.4 Å². The van der Waals surface area contributed by atoms with E-state index in [1.165, 1.54) is 0 Å². The third-order valence-corrected chi connectivity index (χ3v) is 3.65. The fourth-order valence-corrected chi connectivity index (χ4v) is 2.49. The zero-order valence-corrected chi connectivity index (χ0v) is 11.7. The van der Waals surface area contributed by atoms with E-state index in [1.807, 2.05) is 0 Å². The SMILES string of the molecule is Cc1sc(NC(=O)C(F)(F)F)c(C(=O)NCCN)c1C. The fourth-order valence-electron chi connectivity index (χ4n) is 1.44. The summed E-state index contributed by atoms with van der Waals surface area (Å²) in [5.41, 5.74) is 5.81. The van der Waals surface area contributed by atoms with Crippen molar-refractivity contribution >= 4 is 28.2 Å². The van der Waals surface area contributed by atoms with Gasteiger partial charge in [0.05, 0.1) is 5.56 Å². The molecule has 0 unspecified atom stereocenters. The maximum atomic E-state index is 12.3. The van der Waals surface area contributed by atoms with E-state index in [2.05, 4.69) is 5.32 Å². The molecule has 0 aliphatic heterocycles. The summed E-state index contributed by atoms with van der Waals surface area (Å²) in [5, 5.41) is 4.08. The molecule has 0 atom stereocenters. The van der Waals surface area contributed by atoms with Gasteiger partial charge in [0.15, 0.2) is 0 Å². The highest BCUT2D eigenvalue weighted by molar-refractivity contribution is 7.16. The zero-order valence-electron chi connectivity index (χ0n) is 10.9. The van der Waals surface area contributed by atoms with Crippen molar-refractivity contribution in [3.8, 4) is 0 Å². The Morgan fingerprint density at radius 2 is 1.90 bits per heavy atom. The molecule has 1 rings (SSSR count). The van der Waals surface area contributed by atoms with E-state index < -0.39 is 18.0 Å². The third-order valence-electron chi connectivity index (χ3n) is 2.53. The van der Waals surface area contributed by atoms with Crippen LogP contribution < -0.4 is 16.4 Å². The molecule has 1 aromatic rings. The molecular weight excluding hydrogens is 295 g/mol. The molecule has 0 saturated heterocycles. The minimum absolute atomic E-state index is 0.0403. The van der Waals surface area contributed by atoms with Crippen LogP contribution in [0.3, 0.4) is 0 Å². The Bertz CT molecular complexity index is 526. The van der Waals surface area contributed by atoms with Crippen LogP contribution in [0.25, 0.3) is 0 Å². The average molecular weight is 309 g/mol. The number of alkyl halides is 3. The van der Waals surface area contributed by atoms with Crippen molar-refractivity contribution in [2.45, 2.75) is 20.0 Å². The van der Waals surface area contributed by atoms with Crippen LogP contribution in [0, 0.1) is 13.8 Å². The molecule has 2 amide bonds. The lowest BCUT2D eigenvalue weighted by Gasteiger charge is -2.09. The van der Waals surface area contributed by atoms with Crippen molar-refractivity contribution in [2.24, 2.45) is 5.73 Å². The highest BCUT2D eigenvalue weighted by Gasteiger charge is 2.39. The van der Waals surface area contributed by atoms with Gasteiger partial charge in [-0.2, -0.15) is 13.2 Å². The molecule has 0 spiro atoms. The second-order valence-corrected chi connectivity index (χ2v) is 5.21. The summed E-state index contributed by atoms with van der Waals surface area (Å²) in [6.07, 6.45) is -5.00. The molecule has 20 heavy (non-hydrogen) atoms. The monoisotopic (exact) mass is 309 g/mol. The van der Waals surface area contributed by atoms with Crippen LogP contribution >= 0.6 is 11.3 Å². The van der Waals surface area contributed by atoms with Crippen molar-refractivity contribution < 1.29 is 22.8 Å². The number of anilines is 1. The largest absolute Gasteiger partial charge is 0.471 e. The van der Waals surface area contributed by atoms with E-state index in [4.69, 9.17) is 5.73 Å². The quantitative estimate of drug-likeness (QED) is 0.789. The number of rotatable bonds is 4. The topological polar surface area (TPSA) is 84.2 Å². The molecule has 9 heteroatoms. The van der Waals surface area contributed by atoms with E-state index in [-0.39, 0.29) is 23.7 Å². The van der Waals surface area contributed by atoms with Crippen LogP contribution in [0.15, 0.2) is 0 Å². The van der Waals surface area contributed by atoms with E-state index in [9.17, 15) is 22.8 Å². The van der Waals surface area contributed by atoms with Crippen molar-refractivity contribution in [1.82, 2.24) is 5.32 Å². The highest BCUT2D eigenvalue weighted by Crippen LogP contribution is 2.33. The van der Waals surface area contributed by atoms with Crippen molar-refractivity contribution in [3.05, 3.63) is 16.0 Å². The molecule has 0 fully saturated rings.